The number of rotatable bonds is 8. The lowest BCUT2D eigenvalue weighted by Crippen LogP contribution is -2.40. The zero-order valence-electron chi connectivity index (χ0n) is 17.1. The Bertz CT molecular complexity index is 1080. The van der Waals surface area contributed by atoms with E-state index in [4.69, 9.17) is 0 Å². The van der Waals surface area contributed by atoms with Crippen molar-refractivity contribution in [3.8, 4) is 0 Å². The van der Waals surface area contributed by atoms with E-state index in [1.165, 1.54) is 4.31 Å². The Morgan fingerprint density at radius 2 is 1.43 bits per heavy atom. The molecular formula is C23H25N3O3S. The van der Waals surface area contributed by atoms with Crippen LogP contribution in [0.5, 0.6) is 0 Å². The van der Waals surface area contributed by atoms with Gasteiger partial charge in [0.25, 0.3) is 0 Å². The Balaban J connectivity index is 1.80. The summed E-state index contributed by atoms with van der Waals surface area (Å²) in [6.45, 7) is 4.02. The maximum absolute atomic E-state index is 13.3. The first kappa shape index (κ1) is 21.7. The van der Waals surface area contributed by atoms with Crippen molar-refractivity contribution in [1.82, 2.24) is 14.6 Å². The van der Waals surface area contributed by atoms with Crippen LogP contribution in [0, 0.1) is 13.8 Å². The molecule has 0 spiro atoms. The highest BCUT2D eigenvalue weighted by Gasteiger charge is 2.26. The quantitative estimate of drug-likeness (QED) is 0.603. The van der Waals surface area contributed by atoms with Crippen LogP contribution in [0.1, 0.15) is 22.3 Å². The first-order valence-electron chi connectivity index (χ1n) is 9.62. The Hall–Kier alpha value is -3.03. The van der Waals surface area contributed by atoms with Crippen LogP contribution < -0.4 is 5.32 Å². The average Bonchev–Trinajstić information content (AvgIpc) is 2.74. The van der Waals surface area contributed by atoms with E-state index >= 15 is 0 Å². The summed E-state index contributed by atoms with van der Waals surface area (Å²) in [6, 6.07) is 17.8. The second kappa shape index (κ2) is 9.65. The molecule has 3 rings (SSSR count). The predicted octanol–water partition coefficient (Wildman–Crippen LogP) is 3.21. The summed E-state index contributed by atoms with van der Waals surface area (Å²) in [6.07, 6.45) is 3.29. The van der Waals surface area contributed by atoms with Crippen molar-refractivity contribution in [3.05, 3.63) is 95.3 Å². The fraction of sp³-hybridized carbons (Fsp3) is 0.217. The monoisotopic (exact) mass is 423 g/mol. The fourth-order valence-corrected chi connectivity index (χ4v) is 4.28. The van der Waals surface area contributed by atoms with Crippen LogP contribution in [0.15, 0.2) is 78.0 Å². The van der Waals surface area contributed by atoms with Crippen LogP contribution in [0.4, 0.5) is 0 Å². The highest BCUT2D eigenvalue weighted by molar-refractivity contribution is 7.89. The molecule has 0 radical (unpaired) electrons. The molecule has 0 atom stereocenters. The van der Waals surface area contributed by atoms with Gasteiger partial charge in [0.2, 0.25) is 15.9 Å². The fourth-order valence-electron chi connectivity index (χ4n) is 2.90. The maximum atomic E-state index is 13.3. The first-order chi connectivity index (χ1) is 14.3. The molecule has 0 unspecified atom stereocenters. The summed E-state index contributed by atoms with van der Waals surface area (Å²) in [7, 11) is -3.84. The van der Waals surface area contributed by atoms with Gasteiger partial charge in [-0.15, -0.1) is 0 Å². The second-order valence-electron chi connectivity index (χ2n) is 7.20. The number of hydrogen-bond donors (Lipinski definition) is 1. The number of carbonyl (C=O) groups excluding carboxylic acids is 1. The zero-order chi connectivity index (χ0) is 21.6. The van der Waals surface area contributed by atoms with Crippen molar-refractivity contribution < 1.29 is 13.2 Å². The third-order valence-corrected chi connectivity index (χ3v) is 6.50. The Morgan fingerprint density at radius 3 is 2.03 bits per heavy atom. The molecule has 1 amide bonds. The van der Waals surface area contributed by atoms with Crippen molar-refractivity contribution in [2.24, 2.45) is 0 Å². The zero-order valence-corrected chi connectivity index (χ0v) is 17.9. The SMILES string of the molecule is Cc1ccc(CN(CC(=O)NCc2ccncc2)S(=O)(=O)c2ccc(C)cc2)cc1. The van der Waals surface area contributed by atoms with E-state index in [0.717, 1.165) is 22.3 Å². The minimum Gasteiger partial charge on any atom is -0.351 e. The molecule has 0 saturated carbocycles. The molecule has 156 valence electrons. The van der Waals surface area contributed by atoms with Gasteiger partial charge in [-0.05, 0) is 49.2 Å². The number of hydrogen-bond acceptors (Lipinski definition) is 4. The maximum Gasteiger partial charge on any atom is 0.243 e. The molecule has 1 N–H and O–H groups in total. The molecule has 7 heteroatoms. The van der Waals surface area contributed by atoms with Crippen molar-refractivity contribution in [3.63, 3.8) is 0 Å². The molecule has 0 aliphatic heterocycles. The van der Waals surface area contributed by atoms with Crippen molar-refractivity contribution in [2.75, 3.05) is 6.54 Å². The topological polar surface area (TPSA) is 79.4 Å². The minimum absolute atomic E-state index is 0.110. The molecular weight excluding hydrogens is 398 g/mol. The van der Waals surface area contributed by atoms with Gasteiger partial charge in [-0.3, -0.25) is 9.78 Å². The Labute approximate surface area is 177 Å². The van der Waals surface area contributed by atoms with Gasteiger partial charge in [0.1, 0.15) is 0 Å². The third-order valence-electron chi connectivity index (χ3n) is 4.70. The molecule has 0 saturated heterocycles. The van der Waals surface area contributed by atoms with Crippen LogP contribution in [-0.4, -0.2) is 30.2 Å². The van der Waals surface area contributed by atoms with Gasteiger partial charge in [-0.1, -0.05) is 47.5 Å². The number of aromatic nitrogens is 1. The highest BCUT2D eigenvalue weighted by atomic mass is 32.2. The Kier molecular flexibility index (Phi) is 6.97. The summed E-state index contributed by atoms with van der Waals surface area (Å²) in [5.74, 6) is -0.366. The number of benzene rings is 2. The van der Waals surface area contributed by atoms with Gasteiger partial charge < -0.3 is 5.32 Å². The lowest BCUT2D eigenvalue weighted by molar-refractivity contribution is -0.121. The first-order valence-corrected chi connectivity index (χ1v) is 11.1. The summed E-state index contributed by atoms with van der Waals surface area (Å²) in [4.78, 5) is 16.7. The van der Waals surface area contributed by atoms with E-state index in [0.29, 0.717) is 6.54 Å². The van der Waals surface area contributed by atoms with Gasteiger partial charge in [-0.2, -0.15) is 4.31 Å². The summed E-state index contributed by atoms with van der Waals surface area (Å²) in [5.41, 5.74) is 3.76. The van der Waals surface area contributed by atoms with E-state index in [1.54, 1.807) is 48.8 Å². The Morgan fingerprint density at radius 1 is 0.867 bits per heavy atom. The minimum atomic E-state index is -3.84. The van der Waals surface area contributed by atoms with Crippen molar-refractivity contribution in [1.29, 1.82) is 0 Å². The van der Waals surface area contributed by atoms with E-state index < -0.39 is 10.0 Å². The number of amides is 1. The molecule has 3 aromatic rings. The molecule has 2 aromatic carbocycles. The van der Waals surface area contributed by atoms with E-state index in [1.807, 2.05) is 38.1 Å². The van der Waals surface area contributed by atoms with Gasteiger partial charge in [0.15, 0.2) is 0 Å². The number of pyridine rings is 1. The van der Waals surface area contributed by atoms with Crippen LogP contribution in [-0.2, 0) is 27.9 Å². The van der Waals surface area contributed by atoms with Crippen molar-refractivity contribution in [2.45, 2.75) is 31.8 Å². The summed E-state index contributed by atoms with van der Waals surface area (Å²) in [5, 5.41) is 2.78. The molecule has 6 nitrogen and oxygen atoms in total. The number of nitrogens with zero attached hydrogens (tertiary/aromatic N) is 2. The second-order valence-corrected chi connectivity index (χ2v) is 9.14. The van der Waals surface area contributed by atoms with Crippen LogP contribution in [0.25, 0.3) is 0 Å². The summed E-state index contributed by atoms with van der Waals surface area (Å²) < 4.78 is 27.7. The molecule has 1 aromatic heterocycles. The lowest BCUT2D eigenvalue weighted by Gasteiger charge is -2.22. The standard InChI is InChI=1S/C23H25N3O3S/c1-18-3-7-21(8-4-18)16-26(30(28,29)22-9-5-19(2)6-10-22)17-23(27)25-15-20-11-13-24-14-12-20/h3-14H,15-17H2,1-2H3,(H,25,27). The smallest absolute Gasteiger partial charge is 0.243 e. The van der Waals surface area contributed by atoms with Crippen LogP contribution in [0.2, 0.25) is 0 Å². The molecule has 0 fully saturated rings. The number of aryl methyl sites for hydroxylation is 2. The molecule has 0 aliphatic rings. The van der Waals surface area contributed by atoms with Gasteiger partial charge in [-0.25, -0.2) is 8.42 Å². The van der Waals surface area contributed by atoms with Gasteiger partial charge >= 0.3 is 0 Å². The normalized spacial score (nSPS) is 11.4. The highest BCUT2D eigenvalue weighted by Crippen LogP contribution is 2.19. The average molecular weight is 424 g/mol. The van der Waals surface area contributed by atoms with Gasteiger partial charge in [0.05, 0.1) is 11.4 Å². The van der Waals surface area contributed by atoms with E-state index in [9.17, 15) is 13.2 Å². The van der Waals surface area contributed by atoms with Crippen LogP contribution in [0.3, 0.4) is 0 Å². The number of sulfonamides is 1. The molecule has 1 heterocycles. The molecule has 30 heavy (non-hydrogen) atoms. The number of nitrogens with one attached hydrogen (secondary N) is 1. The van der Waals surface area contributed by atoms with Crippen molar-refractivity contribution >= 4 is 15.9 Å². The lowest BCUT2D eigenvalue weighted by atomic mass is 10.1. The summed E-state index contributed by atoms with van der Waals surface area (Å²) >= 11 is 0. The number of carbonyl (C=O) groups is 1. The third kappa shape index (κ3) is 5.75. The largest absolute Gasteiger partial charge is 0.351 e. The molecule has 0 bridgehead atoms. The van der Waals surface area contributed by atoms with Crippen LogP contribution >= 0.6 is 0 Å². The van der Waals surface area contributed by atoms with Gasteiger partial charge in [0, 0.05) is 25.5 Å². The van der Waals surface area contributed by atoms with E-state index in [-0.39, 0.29) is 23.9 Å². The molecule has 0 aliphatic carbocycles. The van der Waals surface area contributed by atoms with E-state index in [2.05, 4.69) is 10.3 Å². The predicted molar refractivity (Wildman–Crippen MR) is 116 cm³/mol.